The van der Waals surface area contributed by atoms with Crippen molar-refractivity contribution in [3.05, 3.63) is 53.0 Å². The number of fused-ring (bicyclic) bond motifs is 1. The van der Waals surface area contributed by atoms with Crippen LogP contribution < -0.4 is 9.04 Å². The van der Waals surface area contributed by atoms with E-state index in [-0.39, 0.29) is 17.9 Å². The summed E-state index contributed by atoms with van der Waals surface area (Å²) in [5.41, 5.74) is 0.345. The zero-order valence-corrected chi connectivity index (χ0v) is 14.8. The lowest BCUT2D eigenvalue weighted by molar-refractivity contribution is -0.137. The summed E-state index contributed by atoms with van der Waals surface area (Å²) in [7, 11) is -3.92. The first-order valence-electron chi connectivity index (χ1n) is 7.13. The normalized spacial score (nSPS) is 17.0. The number of anilines is 1. The van der Waals surface area contributed by atoms with Crippen LogP contribution >= 0.6 is 15.9 Å². The van der Waals surface area contributed by atoms with Crippen molar-refractivity contribution in [2.24, 2.45) is 0 Å². The van der Waals surface area contributed by atoms with Crippen LogP contribution in [-0.4, -0.2) is 32.1 Å². The van der Waals surface area contributed by atoms with Crippen LogP contribution in [0.3, 0.4) is 0 Å². The van der Waals surface area contributed by atoms with Gasteiger partial charge in [-0.15, -0.1) is 0 Å². The molecule has 0 fully saturated rings. The molecule has 1 N–H and O–H groups in total. The van der Waals surface area contributed by atoms with E-state index in [4.69, 9.17) is 9.84 Å². The molecular formula is C16H14BrNO5S. The Morgan fingerprint density at radius 1 is 1.21 bits per heavy atom. The number of nitrogens with zero attached hydrogens (tertiary/aromatic N) is 1. The molecule has 3 rings (SSSR count). The second-order valence-electron chi connectivity index (χ2n) is 5.29. The van der Waals surface area contributed by atoms with Crippen molar-refractivity contribution >= 4 is 37.6 Å². The average molecular weight is 412 g/mol. The van der Waals surface area contributed by atoms with Gasteiger partial charge in [-0.05, 0) is 36.4 Å². The molecule has 1 heterocycles. The molecule has 2 aromatic rings. The van der Waals surface area contributed by atoms with Gasteiger partial charge in [-0.1, -0.05) is 28.1 Å². The minimum absolute atomic E-state index is 0.0148. The van der Waals surface area contributed by atoms with Gasteiger partial charge < -0.3 is 9.84 Å². The number of halogens is 1. The Bertz CT molecular complexity index is 866. The maximum atomic E-state index is 13.1. The number of para-hydroxylation sites is 2. The number of carbonyl (C=O) groups is 1. The molecule has 1 atom stereocenters. The molecule has 0 bridgehead atoms. The Morgan fingerprint density at radius 3 is 2.54 bits per heavy atom. The summed E-state index contributed by atoms with van der Waals surface area (Å²) in [5, 5.41) is 9.12. The van der Waals surface area contributed by atoms with Gasteiger partial charge in [0.2, 0.25) is 0 Å². The van der Waals surface area contributed by atoms with Gasteiger partial charge in [0.05, 0.1) is 23.0 Å². The summed E-state index contributed by atoms with van der Waals surface area (Å²) in [6, 6.07) is 12.1. The minimum atomic E-state index is -3.92. The number of hydrogen-bond donors (Lipinski definition) is 1. The Balaban J connectivity index is 2.12. The van der Waals surface area contributed by atoms with Crippen LogP contribution in [0.5, 0.6) is 5.75 Å². The number of ether oxygens (including phenoxy) is 1. The lowest BCUT2D eigenvalue weighted by Gasteiger charge is -2.36. The van der Waals surface area contributed by atoms with Gasteiger partial charge in [0.25, 0.3) is 10.0 Å². The smallest absolute Gasteiger partial charge is 0.305 e. The zero-order chi connectivity index (χ0) is 17.3. The minimum Gasteiger partial charge on any atom is -0.489 e. The number of rotatable bonds is 4. The fraction of sp³-hybridized carbons (Fsp3) is 0.188. The fourth-order valence-electron chi connectivity index (χ4n) is 2.60. The molecule has 8 heteroatoms. The van der Waals surface area contributed by atoms with Crippen LogP contribution in [0.1, 0.15) is 6.42 Å². The molecule has 0 aliphatic carbocycles. The van der Waals surface area contributed by atoms with Crippen molar-refractivity contribution in [2.45, 2.75) is 17.4 Å². The van der Waals surface area contributed by atoms with Crippen molar-refractivity contribution in [3.8, 4) is 5.75 Å². The van der Waals surface area contributed by atoms with Gasteiger partial charge in [0.1, 0.15) is 12.4 Å². The highest BCUT2D eigenvalue weighted by atomic mass is 79.9. The number of aliphatic carboxylic acids is 1. The van der Waals surface area contributed by atoms with Gasteiger partial charge in [-0.3, -0.25) is 9.10 Å². The lowest BCUT2D eigenvalue weighted by Crippen LogP contribution is -2.47. The van der Waals surface area contributed by atoms with Crippen LogP contribution in [0.15, 0.2) is 57.9 Å². The number of carboxylic acid groups (broad SMARTS) is 1. The van der Waals surface area contributed by atoms with E-state index in [0.29, 0.717) is 11.4 Å². The van der Waals surface area contributed by atoms with E-state index < -0.39 is 22.0 Å². The largest absolute Gasteiger partial charge is 0.489 e. The van der Waals surface area contributed by atoms with Crippen LogP contribution in [0, 0.1) is 0 Å². The van der Waals surface area contributed by atoms with E-state index in [2.05, 4.69) is 15.9 Å². The molecule has 0 spiro atoms. The van der Waals surface area contributed by atoms with Crippen LogP contribution in [0.2, 0.25) is 0 Å². The molecule has 0 saturated carbocycles. The van der Waals surface area contributed by atoms with E-state index >= 15 is 0 Å². The molecule has 6 nitrogen and oxygen atoms in total. The monoisotopic (exact) mass is 411 g/mol. The topological polar surface area (TPSA) is 83.9 Å². The molecule has 0 unspecified atom stereocenters. The number of hydrogen-bond acceptors (Lipinski definition) is 4. The van der Waals surface area contributed by atoms with Gasteiger partial charge in [-0.2, -0.15) is 0 Å². The fourth-order valence-corrected chi connectivity index (χ4v) is 4.51. The molecule has 126 valence electrons. The average Bonchev–Trinajstić information content (AvgIpc) is 2.54. The van der Waals surface area contributed by atoms with Gasteiger partial charge in [-0.25, -0.2) is 8.42 Å². The van der Waals surface area contributed by atoms with Crippen LogP contribution in [0.4, 0.5) is 5.69 Å². The highest BCUT2D eigenvalue weighted by Crippen LogP contribution is 2.38. The van der Waals surface area contributed by atoms with Gasteiger partial charge in [0, 0.05) is 4.47 Å². The number of sulfonamides is 1. The van der Waals surface area contributed by atoms with Gasteiger partial charge >= 0.3 is 5.97 Å². The second-order valence-corrected chi connectivity index (χ2v) is 8.02. The van der Waals surface area contributed by atoms with E-state index in [0.717, 1.165) is 8.78 Å². The SMILES string of the molecule is O=C(O)C[C@@H]1COc2ccccc2N1S(=O)(=O)c1ccc(Br)cc1. The summed E-state index contributed by atoms with van der Waals surface area (Å²) in [6.45, 7) is -0.0148. The first kappa shape index (κ1) is 16.8. The van der Waals surface area contributed by atoms with Crippen molar-refractivity contribution in [2.75, 3.05) is 10.9 Å². The van der Waals surface area contributed by atoms with E-state index in [1.807, 2.05) is 0 Å². The number of carboxylic acids is 1. The van der Waals surface area contributed by atoms with Crippen molar-refractivity contribution < 1.29 is 23.1 Å². The quantitative estimate of drug-likeness (QED) is 0.835. The first-order chi connectivity index (χ1) is 11.4. The molecule has 1 aliphatic rings. The van der Waals surface area contributed by atoms with Crippen LogP contribution in [0.25, 0.3) is 0 Å². The van der Waals surface area contributed by atoms with Crippen molar-refractivity contribution in [1.82, 2.24) is 0 Å². The second kappa shape index (κ2) is 6.45. The summed E-state index contributed by atoms with van der Waals surface area (Å²) >= 11 is 3.27. The summed E-state index contributed by atoms with van der Waals surface area (Å²) < 4.78 is 33.7. The molecule has 0 amide bonds. The Morgan fingerprint density at radius 2 is 1.88 bits per heavy atom. The van der Waals surface area contributed by atoms with E-state index in [9.17, 15) is 13.2 Å². The molecule has 0 aromatic heterocycles. The predicted molar refractivity (Wildman–Crippen MR) is 91.8 cm³/mol. The zero-order valence-electron chi connectivity index (χ0n) is 12.4. The first-order valence-corrected chi connectivity index (χ1v) is 9.36. The Kier molecular flexibility index (Phi) is 4.51. The maximum Gasteiger partial charge on any atom is 0.305 e. The molecule has 0 saturated heterocycles. The summed E-state index contributed by atoms with van der Waals surface area (Å²) in [4.78, 5) is 11.2. The Labute approximate surface area is 147 Å². The highest BCUT2D eigenvalue weighted by molar-refractivity contribution is 9.10. The van der Waals surface area contributed by atoms with E-state index in [1.54, 1.807) is 36.4 Å². The Hall–Kier alpha value is -2.06. The third-order valence-corrected chi connectivity index (χ3v) is 6.06. The van der Waals surface area contributed by atoms with Gasteiger partial charge in [0.15, 0.2) is 0 Å². The predicted octanol–water partition coefficient (Wildman–Crippen LogP) is 2.88. The van der Waals surface area contributed by atoms with E-state index in [1.165, 1.54) is 12.1 Å². The van der Waals surface area contributed by atoms with Crippen LogP contribution in [-0.2, 0) is 14.8 Å². The molecule has 1 aliphatic heterocycles. The lowest BCUT2D eigenvalue weighted by atomic mass is 10.1. The van der Waals surface area contributed by atoms with Crippen molar-refractivity contribution in [1.29, 1.82) is 0 Å². The molecule has 24 heavy (non-hydrogen) atoms. The van der Waals surface area contributed by atoms with Crippen molar-refractivity contribution in [3.63, 3.8) is 0 Å². The third-order valence-electron chi connectivity index (χ3n) is 3.65. The number of benzene rings is 2. The molecular weight excluding hydrogens is 398 g/mol. The third kappa shape index (κ3) is 3.11. The molecule has 0 radical (unpaired) electrons. The highest BCUT2D eigenvalue weighted by Gasteiger charge is 2.38. The maximum absolute atomic E-state index is 13.1. The summed E-state index contributed by atoms with van der Waals surface area (Å²) in [5.74, 6) is -0.668. The standard InChI is InChI=1S/C16H14BrNO5S/c17-11-5-7-13(8-6-11)24(21,22)18-12(9-16(19)20)10-23-15-4-2-1-3-14(15)18/h1-8,12H,9-10H2,(H,19,20)/t12-/m1/s1. The molecule has 2 aromatic carbocycles. The summed E-state index contributed by atoms with van der Waals surface area (Å²) in [6.07, 6.45) is -0.343.